The second kappa shape index (κ2) is 6.17. The maximum atomic E-state index is 3.61. The Hall–Kier alpha value is -1.02. The first-order valence-electron chi connectivity index (χ1n) is 8.30. The molecule has 0 aromatic heterocycles. The molecule has 2 aliphatic rings. The molecule has 1 saturated carbocycles. The number of nitrogens with one attached hydrogen (secondary N) is 1. The van der Waals surface area contributed by atoms with E-state index < -0.39 is 0 Å². The van der Waals surface area contributed by atoms with Gasteiger partial charge in [-0.15, -0.1) is 0 Å². The molecule has 0 amide bonds. The van der Waals surface area contributed by atoms with Crippen LogP contribution in [0.2, 0.25) is 0 Å². The molecule has 2 heteroatoms. The average Bonchev–Trinajstić information content (AvgIpc) is 3.25. The summed E-state index contributed by atoms with van der Waals surface area (Å²) in [5, 5.41) is 3.61. The van der Waals surface area contributed by atoms with Crippen molar-refractivity contribution in [1.82, 2.24) is 5.32 Å². The molecule has 20 heavy (non-hydrogen) atoms. The summed E-state index contributed by atoms with van der Waals surface area (Å²) in [5.74, 6) is 0.892. The van der Waals surface area contributed by atoms with Gasteiger partial charge in [0.05, 0.1) is 0 Å². The maximum absolute atomic E-state index is 3.61. The molecule has 1 unspecified atom stereocenters. The van der Waals surface area contributed by atoms with Crippen LogP contribution in [0.3, 0.4) is 0 Å². The zero-order chi connectivity index (χ0) is 13.9. The van der Waals surface area contributed by atoms with E-state index in [0.717, 1.165) is 18.5 Å². The van der Waals surface area contributed by atoms with E-state index in [4.69, 9.17) is 0 Å². The molecule has 1 aromatic carbocycles. The number of nitrogens with zero attached hydrogens (tertiary/aromatic N) is 1. The van der Waals surface area contributed by atoms with Crippen LogP contribution in [0.15, 0.2) is 18.2 Å². The van der Waals surface area contributed by atoms with Crippen molar-refractivity contribution in [2.24, 2.45) is 5.92 Å². The Bertz CT molecular complexity index is 451. The highest BCUT2D eigenvalue weighted by Gasteiger charge is 2.20. The maximum Gasteiger partial charge on any atom is 0.0369 e. The molecule has 1 saturated heterocycles. The summed E-state index contributed by atoms with van der Waals surface area (Å²) in [6.07, 6.45) is 6.79. The van der Waals surface area contributed by atoms with Crippen LogP contribution in [0.4, 0.5) is 5.69 Å². The highest BCUT2D eigenvalue weighted by Crippen LogP contribution is 2.25. The summed E-state index contributed by atoms with van der Waals surface area (Å²) in [6.45, 7) is 8.13. The third kappa shape index (κ3) is 3.54. The number of hydrogen-bond donors (Lipinski definition) is 1. The first kappa shape index (κ1) is 13.9. The van der Waals surface area contributed by atoms with Crippen LogP contribution in [0.25, 0.3) is 0 Å². The number of rotatable bonds is 4. The van der Waals surface area contributed by atoms with E-state index in [-0.39, 0.29) is 0 Å². The lowest BCUT2D eigenvalue weighted by atomic mass is 10.0. The number of anilines is 1. The third-order valence-corrected chi connectivity index (χ3v) is 4.87. The molecule has 2 nitrogen and oxygen atoms in total. The van der Waals surface area contributed by atoms with Gasteiger partial charge in [-0.05, 0) is 68.2 Å². The molecule has 1 heterocycles. The SMILES string of the molecule is Cc1cc(N2CCCC(C)CC2)ccc1CNC1CC1. The highest BCUT2D eigenvalue weighted by atomic mass is 15.1. The molecule has 1 atom stereocenters. The summed E-state index contributed by atoms with van der Waals surface area (Å²) < 4.78 is 0. The van der Waals surface area contributed by atoms with Gasteiger partial charge in [0.1, 0.15) is 0 Å². The Labute approximate surface area is 123 Å². The quantitative estimate of drug-likeness (QED) is 0.895. The summed E-state index contributed by atoms with van der Waals surface area (Å²) in [5.41, 5.74) is 4.32. The molecule has 0 spiro atoms. The molecule has 2 fully saturated rings. The minimum absolute atomic E-state index is 0.793. The molecule has 1 N–H and O–H groups in total. The summed E-state index contributed by atoms with van der Waals surface area (Å²) >= 11 is 0. The summed E-state index contributed by atoms with van der Waals surface area (Å²) in [6, 6.07) is 7.84. The Morgan fingerprint density at radius 1 is 1.15 bits per heavy atom. The van der Waals surface area contributed by atoms with Gasteiger partial charge in [-0.3, -0.25) is 0 Å². The van der Waals surface area contributed by atoms with E-state index in [1.54, 1.807) is 0 Å². The zero-order valence-corrected chi connectivity index (χ0v) is 13.0. The summed E-state index contributed by atoms with van der Waals surface area (Å²) in [4.78, 5) is 2.58. The lowest BCUT2D eigenvalue weighted by molar-refractivity contribution is 0.521. The van der Waals surface area contributed by atoms with Gasteiger partial charge in [-0.25, -0.2) is 0 Å². The van der Waals surface area contributed by atoms with E-state index >= 15 is 0 Å². The zero-order valence-electron chi connectivity index (χ0n) is 13.0. The largest absolute Gasteiger partial charge is 0.372 e. The minimum atomic E-state index is 0.793. The van der Waals surface area contributed by atoms with Crippen molar-refractivity contribution in [2.75, 3.05) is 18.0 Å². The molecule has 0 radical (unpaired) electrons. The lowest BCUT2D eigenvalue weighted by Crippen LogP contribution is -2.24. The molecule has 110 valence electrons. The van der Waals surface area contributed by atoms with Gasteiger partial charge in [0.25, 0.3) is 0 Å². The molecule has 1 aliphatic heterocycles. The van der Waals surface area contributed by atoms with E-state index in [0.29, 0.717) is 0 Å². The number of benzene rings is 1. The standard InChI is InChI=1S/C18H28N2/c1-14-4-3-10-20(11-9-14)18-8-5-16(15(2)12-18)13-19-17-6-7-17/h5,8,12,14,17,19H,3-4,6-7,9-11,13H2,1-2H3. The summed E-state index contributed by atoms with van der Waals surface area (Å²) in [7, 11) is 0. The van der Waals surface area contributed by atoms with Crippen molar-refractivity contribution in [3.8, 4) is 0 Å². The molecule has 1 aliphatic carbocycles. The molecule has 1 aromatic rings. The van der Waals surface area contributed by atoms with Gasteiger partial charge in [-0.2, -0.15) is 0 Å². The fraction of sp³-hybridized carbons (Fsp3) is 0.667. The smallest absolute Gasteiger partial charge is 0.0369 e. The predicted octanol–water partition coefficient (Wildman–Crippen LogP) is 3.87. The van der Waals surface area contributed by atoms with E-state index in [1.807, 2.05) is 0 Å². The Kier molecular flexibility index (Phi) is 4.30. The van der Waals surface area contributed by atoms with Gasteiger partial charge in [0.2, 0.25) is 0 Å². The first-order valence-corrected chi connectivity index (χ1v) is 8.30. The van der Waals surface area contributed by atoms with Crippen molar-refractivity contribution < 1.29 is 0 Å². The topological polar surface area (TPSA) is 15.3 Å². The third-order valence-electron chi connectivity index (χ3n) is 4.87. The van der Waals surface area contributed by atoms with Crippen LogP contribution >= 0.6 is 0 Å². The van der Waals surface area contributed by atoms with Crippen LogP contribution in [0, 0.1) is 12.8 Å². The van der Waals surface area contributed by atoms with E-state index in [1.165, 1.54) is 62.0 Å². The average molecular weight is 272 g/mol. The van der Waals surface area contributed by atoms with Crippen molar-refractivity contribution in [2.45, 2.75) is 58.5 Å². The fourth-order valence-corrected chi connectivity index (χ4v) is 3.14. The molecular formula is C18H28N2. The van der Waals surface area contributed by atoms with Crippen molar-refractivity contribution in [3.63, 3.8) is 0 Å². The van der Waals surface area contributed by atoms with Crippen molar-refractivity contribution in [1.29, 1.82) is 0 Å². The fourth-order valence-electron chi connectivity index (χ4n) is 3.14. The minimum Gasteiger partial charge on any atom is -0.372 e. The predicted molar refractivity (Wildman–Crippen MR) is 86.3 cm³/mol. The van der Waals surface area contributed by atoms with Crippen molar-refractivity contribution >= 4 is 5.69 Å². The monoisotopic (exact) mass is 272 g/mol. The van der Waals surface area contributed by atoms with Crippen LogP contribution in [-0.4, -0.2) is 19.1 Å². The van der Waals surface area contributed by atoms with Crippen LogP contribution in [0.1, 0.15) is 50.2 Å². The Morgan fingerprint density at radius 2 is 2.00 bits per heavy atom. The van der Waals surface area contributed by atoms with E-state index in [9.17, 15) is 0 Å². The molecule has 0 bridgehead atoms. The van der Waals surface area contributed by atoms with Gasteiger partial charge < -0.3 is 10.2 Å². The van der Waals surface area contributed by atoms with Gasteiger partial charge >= 0.3 is 0 Å². The number of aryl methyl sites for hydroxylation is 1. The lowest BCUT2D eigenvalue weighted by Gasteiger charge is -2.24. The highest BCUT2D eigenvalue weighted by molar-refractivity contribution is 5.51. The number of hydrogen-bond acceptors (Lipinski definition) is 2. The molecular weight excluding hydrogens is 244 g/mol. The van der Waals surface area contributed by atoms with Crippen molar-refractivity contribution in [3.05, 3.63) is 29.3 Å². The van der Waals surface area contributed by atoms with Gasteiger partial charge in [0.15, 0.2) is 0 Å². The normalized spacial score (nSPS) is 23.7. The van der Waals surface area contributed by atoms with Crippen LogP contribution in [-0.2, 0) is 6.54 Å². The Morgan fingerprint density at radius 3 is 2.75 bits per heavy atom. The second-order valence-electron chi connectivity index (χ2n) is 6.79. The van der Waals surface area contributed by atoms with Crippen LogP contribution in [0.5, 0.6) is 0 Å². The van der Waals surface area contributed by atoms with Crippen LogP contribution < -0.4 is 10.2 Å². The second-order valence-corrected chi connectivity index (χ2v) is 6.79. The molecule has 3 rings (SSSR count). The van der Waals surface area contributed by atoms with Gasteiger partial charge in [0, 0.05) is 31.4 Å². The Balaban J connectivity index is 1.65. The first-order chi connectivity index (χ1) is 9.72. The van der Waals surface area contributed by atoms with Gasteiger partial charge in [-0.1, -0.05) is 13.0 Å². The van der Waals surface area contributed by atoms with E-state index in [2.05, 4.69) is 42.3 Å².